The highest BCUT2D eigenvalue weighted by molar-refractivity contribution is 5.18. The Bertz CT molecular complexity index is 718. The molecular formula is C13H11N5O. The van der Waals surface area contributed by atoms with E-state index in [0.29, 0.717) is 12.4 Å². The predicted molar refractivity (Wildman–Crippen MR) is 69.0 cm³/mol. The molecule has 2 heterocycles. The zero-order valence-corrected chi connectivity index (χ0v) is 10.0. The van der Waals surface area contributed by atoms with E-state index in [1.807, 2.05) is 30.3 Å². The molecule has 0 amide bonds. The molecule has 6 heteroatoms. The van der Waals surface area contributed by atoms with E-state index >= 15 is 0 Å². The van der Waals surface area contributed by atoms with Crippen LogP contribution in [0.1, 0.15) is 5.56 Å². The highest BCUT2D eigenvalue weighted by Crippen LogP contribution is 2.01. The van der Waals surface area contributed by atoms with Crippen LogP contribution < -0.4 is 5.56 Å². The van der Waals surface area contributed by atoms with Gasteiger partial charge in [0, 0.05) is 6.07 Å². The molecule has 0 N–H and O–H groups in total. The fraction of sp³-hybridized carbons (Fsp3) is 0.0769. The van der Waals surface area contributed by atoms with Crippen LogP contribution in [0.25, 0.3) is 5.82 Å². The minimum Gasteiger partial charge on any atom is -0.268 e. The molecule has 0 unspecified atom stereocenters. The largest absolute Gasteiger partial charge is 0.268 e. The first-order chi connectivity index (χ1) is 9.33. The Morgan fingerprint density at radius 2 is 1.89 bits per heavy atom. The minimum absolute atomic E-state index is 0.146. The number of hydrogen-bond acceptors (Lipinski definition) is 4. The standard InChI is InChI=1S/C13H11N5O/c19-13-7-6-12(18-10-14-9-15-18)16-17(13)8-11-4-2-1-3-5-11/h1-7,9-10H,8H2. The lowest BCUT2D eigenvalue weighted by atomic mass is 10.2. The molecule has 0 atom stereocenters. The fourth-order valence-corrected chi connectivity index (χ4v) is 1.76. The molecule has 0 saturated heterocycles. The average Bonchev–Trinajstić information content (AvgIpc) is 2.96. The Balaban J connectivity index is 1.97. The van der Waals surface area contributed by atoms with Crippen molar-refractivity contribution in [2.24, 2.45) is 0 Å². The molecule has 19 heavy (non-hydrogen) atoms. The quantitative estimate of drug-likeness (QED) is 0.694. The lowest BCUT2D eigenvalue weighted by Gasteiger charge is -2.06. The molecule has 1 aromatic carbocycles. The molecule has 0 aliphatic heterocycles. The van der Waals surface area contributed by atoms with Crippen molar-refractivity contribution in [2.75, 3.05) is 0 Å². The van der Waals surface area contributed by atoms with Gasteiger partial charge in [-0.25, -0.2) is 14.3 Å². The molecule has 0 fully saturated rings. The van der Waals surface area contributed by atoms with Crippen LogP contribution in [0, 0.1) is 0 Å². The normalized spacial score (nSPS) is 10.5. The first kappa shape index (κ1) is 11.3. The van der Waals surface area contributed by atoms with Gasteiger partial charge in [-0.1, -0.05) is 30.3 Å². The van der Waals surface area contributed by atoms with Gasteiger partial charge in [-0.05, 0) is 11.6 Å². The fourth-order valence-electron chi connectivity index (χ4n) is 1.76. The average molecular weight is 253 g/mol. The summed E-state index contributed by atoms with van der Waals surface area (Å²) >= 11 is 0. The van der Waals surface area contributed by atoms with Gasteiger partial charge in [-0.3, -0.25) is 4.79 Å². The van der Waals surface area contributed by atoms with Gasteiger partial charge in [-0.15, -0.1) is 5.10 Å². The Kier molecular flexibility index (Phi) is 2.89. The molecule has 94 valence electrons. The van der Waals surface area contributed by atoms with Gasteiger partial charge < -0.3 is 0 Å². The summed E-state index contributed by atoms with van der Waals surface area (Å²) in [6, 6.07) is 12.8. The van der Waals surface area contributed by atoms with Gasteiger partial charge in [0.2, 0.25) is 0 Å². The van der Waals surface area contributed by atoms with Crippen LogP contribution >= 0.6 is 0 Å². The van der Waals surface area contributed by atoms with E-state index in [4.69, 9.17) is 0 Å². The first-order valence-corrected chi connectivity index (χ1v) is 5.80. The summed E-state index contributed by atoms with van der Waals surface area (Å²) in [4.78, 5) is 15.7. The molecule has 3 aromatic rings. The van der Waals surface area contributed by atoms with Gasteiger partial charge >= 0.3 is 0 Å². The molecule has 0 spiro atoms. The van der Waals surface area contributed by atoms with Crippen molar-refractivity contribution in [1.29, 1.82) is 0 Å². The highest BCUT2D eigenvalue weighted by Gasteiger charge is 2.03. The number of benzene rings is 1. The van der Waals surface area contributed by atoms with Crippen molar-refractivity contribution < 1.29 is 0 Å². The summed E-state index contributed by atoms with van der Waals surface area (Å²) in [6.07, 6.45) is 2.97. The molecule has 6 nitrogen and oxygen atoms in total. The molecule has 0 radical (unpaired) electrons. The Labute approximate surface area is 109 Å². The van der Waals surface area contributed by atoms with Crippen LogP contribution in [0.5, 0.6) is 0 Å². The maximum absolute atomic E-state index is 11.8. The van der Waals surface area contributed by atoms with Crippen LogP contribution in [-0.2, 0) is 6.54 Å². The summed E-state index contributed by atoms with van der Waals surface area (Å²) in [5.74, 6) is 0.563. The summed E-state index contributed by atoms with van der Waals surface area (Å²) in [7, 11) is 0. The van der Waals surface area contributed by atoms with Gasteiger partial charge in [-0.2, -0.15) is 5.10 Å². The Morgan fingerprint density at radius 1 is 1.05 bits per heavy atom. The van der Waals surface area contributed by atoms with E-state index < -0.39 is 0 Å². The van der Waals surface area contributed by atoms with Crippen molar-refractivity contribution in [3.8, 4) is 5.82 Å². The van der Waals surface area contributed by atoms with E-state index in [2.05, 4.69) is 15.2 Å². The van der Waals surface area contributed by atoms with Crippen LogP contribution in [0.15, 0.2) is 59.9 Å². The lowest BCUT2D eigenvalue weighted by Crippen LogP contribution is -2.24. The van der Waals surface area contributed by atoms with Crippen molar-refractivity contribution in [2.45, 2.75) is 6.54 Å². The van der Waals surface area contributed by atoms with Crippen molar-refractivity contribution >= 4 is 0 Å². The Hall–Kier alpha value is -2.76. The van der Waals surface area contributed by atoms with Crippen LogP contribution in [-0.4, -0.2) is 24.5 Å². The molecule has 0 aliphatic rings. The maximum Gasteiger partial charge on any atom is 0.267 e. The summed E-state index contributed by atoms with van der Waals surface area (Å²) in [6.45, 7) is 0.433. The second kappa shape index (κ2) is 4.85. The van der Waals surface area contributed by atoms with Crippen LogP contribution in [0.4, 0.5) is 0 Å². The predicted octanol–water partition coefficient (Wildman–Crippen LogP) is 0.872. The number of nitrogens with zero attached hydrogens (tertiary/aromatic N) is 5. The molecule has 0 saturated carbocycles. The van der Waals surface area contributed by atoms with E-state index in [-0.39, 0.29) is 5.56 Å². The maximum atomic E-state index is 11.8. The third-order valence-corrected chi connectivity index (χ3v) is 2.68. The molecule has 2 aromatic heterocycles. The number of hydrogen-bond donors (Lipinski definition) is 0. The summed E-state index contributed by atoms with van der Waals surface area (Å²) in [5, 5.41) is 8.27. The lowest BCUT2D eigenvalue weighted by molar-refractivity contribution is 0.618. The van der Waals surface area contributed by atoms with Crippen molar-refractivity contribution in [1.82, 2.24) is 24.5 Å². The van der Waals surface area contributed by atoms with Crippen LogP contribution in [0.3, 0.4) is 0 Å². The topological polar surface area (TPSA) is 65.6 Å². The van der Waals surface area contributed by atoms with Crippen molar-refractivity contribution in [3.63, 3.8) is 0 Å². The second-order valence-electron chi connectivity index (χ2n) is 4.01. The van der Waals surface area contributed by atoms with Gasteiger partial charge in [0.05, 0.1) is 6.54 Å². The number of rotatable bonds is 3. The zero-order chi connectivity index (χ0) is 13.1. The minimum atomic E-state index is -0.146. The van der Waals surface area contributed by atoms with E-state index in [9.17, 15) is 4.79 Å². The van der Waals surface area contributed by atoms with E-state index in [0.717, 1.165) is 5.56 Å². The summed E-state index contributed by atoms with van der Waals surface area (Å²) in [5.41, 5.74) is 0.876. The molecule has 0 aliphatic carbocycles. The Morgan fingerprint density at radius 3 is 2.63 bits per heavy atom. The van der Waals surface area contributed by atoms with E-state index in [1.165, 1.54) is 21.8 Å². The molecular weight excluding hydrogens is 242 g/mol. The van der Waals surface area contributed by atoms with Gasteiger partial charge in [0.25, 0.3) is 5.56 Å². The van der Waals surface area contributed by atoms with E-state index in [1.54, 1.807) is 12.4 Å². The number of aromatic nitrogens is 5. The van der Waals surface area contributed by atoms with Gasteiger partial charge in [0.15, 0.2) is 5.82 Å². The highest BCUT2D eigenvalue weighted by atomic mass is 16.1. The molecule has 0 bridgehead atoms. The van der Waals surface area contributed by atoms with Crippen LogP contribution in [0.2, 0.25) is 0 Å². The third kappa shape index (κ3) is 2.42. The zero-order valence-electron chi connectivity index (χ0n) is 10.0. The second-order valence-corrected chi connectivity index (χ2v) is 4.01. The smallest absolute Gasteiger partial charge is 0.267 e. The SMILES string of the molecule is O=c1ccc(-n2cncn2)nn1Cc1ccccc1. The third-order valence-electron chi connectivity index (χ3n) is 2.68. The first-order valence-electron chi connectivity index (χ1n) is 5.80. The van der Waals surface area contributed by atoms with Gasteiger partial charge in [0.1, 0.15) is 12.7 Å². The van der Waals surface area contributed by atoms with Crippen molar-refractivity contribution in [3.05, 3.63) is 71.0 Å². The molecule has 3 rings (SSSR count). The summed E-state index contributed by atoms with van der Waals surface area (Å²) < 4.78 is 2.92. The monoisotopic (exact) mass is 253 g/mol.